The van der Waals surface area contributed by atoms with Gasteiger partial charge in [0.25, 0.3) is 0 Å². The number of carbonyl (C=O) groups excluding carboxylic acids is 1. The first-order chi connectivity index (χ1) is 10.6. The highest BCUT2D eigenvalue weighted by molar-refractivity contribution is 7.09. The molecular weight excluding hydrogens is 318 g/mol. The van der Waals surface area contributed by atoms with Gasteiger partial charge in [0, 0.05) is 16.8 Å². The Morgan fingerprint density at radius 2 is 2.09 bits per heavy atom. The Morgan fingerprint density at radius 1 is 1.36 bits per heavy atom. The minimum Gasteiger partial charge on any atom is -0.346 e. The van der Waals surface area contributed by atoms with Gasteiger partial charge in [-0.05, 0) is 37.1 Å². The van der Waals surface area contributed by atoms with Crippen molar-refractivity contribution >= 4 is 28.8 Å². The molecule has 3 N–H and O–H groups in total. The molecule has 0 spiro atoms. The Labute approximate surface area is 138 Å². The summed E-state index contributed by atoms with van der Waals surface area (Å²) < 4.78 is 0. The lowest BCUT2D eigenvalue weighted by atomic mass is 10.0. The van der Waals surface area contributed by atoms with Crippen molar-refractivity contribution in [3.8, 4) is 0 Å². The lowest BCUT2D eigenvalue weighted by molar-refractivity contribution is -0.121. The molecule has 1 saturated carbocycles. The van der Waals surface area contributed by atoms with Gasteiger partial charge < -0.3 is 11.1 Å². The van der Waals surface area contributed by atoms with E-state index in [1.807, 2.05) is 29.6 Å². The molecule has 1 heterocycles. The zero-order valence-electron chi connectivity index (χ0n) is 12.1. The molecule has 4 nitrogen and oxygen atoms in total. The van der Waals surface area contributed by atoms with Gasteiger partial charge in [-0.3, -0.25) is 4.79 Å². The van der Waals surface area contributed by atoms with Gasteiger partial charge in [-0.2, -0.15) is 0 Å². The molecule has 22 heavy (non-hydrogen) atoms. The van der Waals surface area contributed by atoms with Gasteiger partial charge in [0.1, 0.15) is 0 Å². The highest BCUT2D eigenvalue weighted by atomic mass is 35.5. The van der Waals surface area contributed by atoms with Crippen LogP contribution in [0.15, 0.2) is 29.6 Å². The number of nitrogens with zero attached hydrogens (tertiary/aromatic N) is 1. The Morgan fingerprint density at radius 3 is 2.73 bits per heavy atom. The van der Waals surface area contributed by atoms with E-state index >= 15 is 0 Å². The summed E-state index contributed by atoms with van der Waals surface area (Å²) in [5, 5.41) is 6.79. The highest BCUT2D eigenvalue weighted by Gasteiger charge is 2.45. The van der Waals surface area contributed by atoms with E-state index in [1.54, 1.807) is 11.3 Å². The fourth-order valence-electron chi connectivity index (χ4n) is 2.52. The molecule has 6 heteroatoms. The topological polar surface area (TPSA) is 68.0 Å². The van der Waals surface area contributed by atoms with E-state index in [1.165, 1.54) is 0 Å². The second kappa shape index (κ2) is 6.36. The normalized spacial score (nSPS) is 15.5. The van der Waals surface area contributed by atoms with Gasteiger partial charge in [-0.15, -0.1) is 11.3 Å². The Hall–Kier alpha value is -1.43. The molecular formula is C16H18ClN3OS. The van der Waals surface area contributed by atoms with Gasteiger partial charge >= 0.3 is 0 Å². The number of carbonyl (C=O) groups is 1. The van der Waals surface area contributed by atoms with E-state index in [0.29, 0.717) is 18.0 Å². The number of amides is 1. The molecule has 1 aliphatic rings. The zero-order chi connectivity index (χ0) is 15.6. The van der Waals surface area contributed by atoms with E-state index in [4.69, 9.17) is 17.3 Å². The SMILES string of the molecule is NCCc1nc(CC(=O)NC2(c3ccc(Cl)cc3)CC2)cs1. The maximum atomic E-state index is 12.3. The van der Waals surface area contributed by atoms with Crippen molar-refractivity contribution in [3.05, 3.63) is 50.9 Å². The van der Waals surface area contributed by atoms with Crippen LogP contribution < -0.4 is 11.1 Å². The highest BCUT2D eigenvalue weighted by Crippen LogP contribution is 2.45. The van der Waals surface area contributed by atoms with Crippen molar-refractivity contribution in [2.24, 2.45) is 5.73 Å². The van der Waals surface area contributed by atoms with Gasteiger partial charge in [-0.1, -0.05) is 23.7 Å². The molecule has 1 aliphatic carbocycles. The summed E-state index contributed by atoms with van der Waals surface area (Å²) in [7, 11) is 0. The molecule has 0 unspecified atom stereocenters. The maximum absolute atomic E-state index is 12.3. The number of thiazole rings is 1. The summed E-state index contributed by atoms with van der Waals surface area (Å²) in [6.45, 7) is 0.582. The quantitative estimate of drug-likeness (QED) is 0.852. The minimum absolute atomic E-state index is 0.0112. The van der Waals surface area contributed by atoms with Crippen LogP contribution in [0.4, 0.5) is 0 Å². The van der Waals surface area contributed by atoms with Gasteiger partial charge in [0.2, 0.25) is 5.91 Å². The van der Waals surface area contributed by atoms with Crippen molar-refractivity contribution in [1.82, 2.24) is 10.3 Å². The standard InChI is InChI=1S/C16H18ClN3OS/c17-12-3-1-11(2-4-12)16(6-7-16)20-14(21)9-13-10-22-15(19-13)5-8-18/h1-4,10H,5-9,18H2,(H,20,21). The summed E-state index contributed by atoms with van der Waals surface area (Å²) in [6.07, 6.45) is 3.02. The van der Waals surface area contributed by atoms with Crippen LogP contribution in [0.3, 0.4) is 0 Å². The van der Waals surface area contributed by atoms with E-state index in [9.17, 15) is 4.79 Å². The molecule has 0 bridgehead atoms. The summed E-state index contributed by atoms with van der Waals surface area (Å²) in [5.74, 6) is 0.0112. The molecule has 3 rings (SSSR count). The molecule has 2 aromatic rings. The number of aromatic nitrogens is 1. The predicted molar refractivity (Wildman–Crippen MR) is 89.1 cm³/mol. The van der Waals surface area contributed by atoms with Gasteiger partial charge in [0.05, 0.1) is 22.7 Å². The van der Waals surface area contributed by atoms with Crippen LogP contribution in [-0.2, 0) is 23.2 Å². The fourth-order valence-corrected chi connectivity index (χ4v) is 3.46. The molecule has 1 aromatic carbocycles. The van der Waals surface area contributed by atoms with Crippen molar-refractivity contribution in [2.75, 3.05) is 6.54 Å². The first-order valence-corrected chi connectivity index (χ1v) is 8.57. The van der Waals surface area contributed by atoms with Crippen LogP contribution in [0.25, 0.3) is 0 Å². The number of halogens is 1. The lowest BCUT2D eigenvalue weighted by Gasteiger charge is -2.17. The first kappa shape index (κ1) is 15.5. The number of rotatable bonds is 6. The minimum atomic E-state index is -0.211. The lowest BCUT2D eigenvalue weighted by Crippen LogP contribution is -2.35. The maximum Gasteiger partial charge on any atom is 0.226 e. The monoisotopic (exact) mass is 335 g/mol. The molecule has 116 valence electrons. The second-order valence-corrected chi connectivity index (χ2v) is 6.96. The number of benzene rings is 1. The molecule has 1 fully saturated rings. The van der Waals surface area contributed by atoms with Crippen LogP contribution >= 0.6 is 22.9 Å². The van der Waals surface area contributed by atoms with Crippen molar-refractivity contribution in [1.29, 1.82) is 0 Å². The van der Waals surface area contributed by atoms with Crippen LogP contribution in [0.1, 0.15) is 29.1 Å². The summed E-state index contributed by atoms with van der Waals surface area (Å²) in [5.41, 5.74) is 7.24. The van der Waals surface area contributed by atoms with Crippen LogP contribution in [0.2, 0.25) is 5.02 Å². The van der Waals surface area contributed by atoms with Gasteiger partial charge in [0.15, 0.2) is 0 Å². The smallest absolute Gasteiger partial charge is 0.226 e. The Bertz CT molecular complexity index is 664. The third-order valence-electron chi connectivity index (χ3n) is 3.82. The number of hydrogen-bond donors (Lipinski definition) is 2. The molecule has 1 amide bonds. The predicted octanol–water partition coefficient (Wildman–Crippen LogP) is 2.65. The van der Waals surface area contributed by atoms with Crippen molar-refractivity contribution < 1.29 is 4.79 Å². The Kier molecular flexibility index (Phi) is 4.47. The van der Waals surface area contributed by atoms with E-state index < -0.39 is 0 Å². The number of nitrogens with two attached hydrogens (primary N) is 1. The van der Waals surface area contributed by atoms with E-state index in [0.717, 1.165) is 35.5 Å². The average Bonchev–Trinajstić information content (AvgIpc) is 3.13. The molecule has 0 saturated heterocycles. The van der Waals surface area contributed by atoms with Crippen LogP contribution in [0, 0.1) is 0 Å². The van der Waals surface area contributed by atoms with Crippen LogP contribution in [-0.4, -0.2) is 17.4 Å². The Balaban J connectivity index is 1.62. The first-order valence-electron chi connectivity index (χ1n) is 7.32. The largest absolute Gasteiger partial charge is 0.346 e. The fraction of sp³-hybridized carbons (Fsp3) is 0.375. The van der Waals surface area contributed by atoms with Crippen LogP contribution in [0.5, 0.6) is 0 Å². The number of hydrogen-bond acceptors (Lipinski definition) is 4. The summed E-state index contributed by atoms with van der Waals surface area (Å²) in [6, 6.07) is 7.70. The third kappa shape index (κ3) is 3.48. The summed E-state index contributed by atoms with van der Waals surface area (Å²) in [4.78, 5) is 16.7. The second-order valence-electron chi connectivity index (χ2n) is 5.59. The van der Waals surface area contributed by atoms with Crippen molar-refractivity contribution in [2.45, 2.75) is 31.2 Å². The van der Waals surface area contributed by atoms with Crippen molar-refractivity contribution in [3.63, 3.8) is 0 Å². The third-order valence-corrected chi connectivity index (χ3v) is 5.03. The number of nitrogens with one attached hydrogen (secondary N) is 1. The van der Waals surface area contributed by atoms with E-state index in [2.05, 4.69) is 10.3 Å². The van der Waals surface area contributed by atoms with E-state index in [-0.39, 0.29) is 11.4 Å². The van der Waals surface area contributed by atoms with Gasteiger partial charge in [-0.25, -0.2) is 4.98 Å². The average molecular weight is 336 g/mol. The molecule has 0 atom stereocenters. The zero-order valence-corrected chi connectivity index (χ0v) is 13.7. The molecule has 0 aliphatic heterocycles. The summed E-state index contributed by atoms with van der Waals surface area (Å²) >= 11 is 7.48. The molecule has 1 aromatic heterocycles. The molecule has 0 radical (unpaired) electrons.